The van der Waals surface area contributed by atoms with Gasteiger partial charge in [0.15, 0.2) is 0 Å². The Labute approximate surface area is 76.6 Å². The van der Waals surface area contributed by atoms with Crippen molar-refractivity contribution in [3.63, 3.8) is 0 Å². The van der Waals surface area contributed by atoms with Crippen molar-refractivity contribution in [3.05, 3.63) is 35.9 Å². The van der Waals surface area contributed by atoms with Crippen molar-refractivity contribution in [2.75, 3.05) is 0 Å². The van der Waals surface area contributed by atoms with Crippen LogP contribution in [0.5, 0.6) is 0 Å². The van der Waals surface area contributed by atoms with Gasteiger partial charge in [-0.25, -0.2) is 8.78 Å². The minimum atomic E-state index is -2.49. The van der Waals surface area contributed by atoms with E-state index in [0.717, 1.165) is 5.56 Å². The molecule has 0 heterocycles. The molecular weight excluding hydrogens is 172 g/mol. The van der Waals surface area contributed by atoms with Gasteiger partial charge in [0, 0.05) is 0 Å². The van der Waals surface area contributed by atoms with Crippen LogP contribution in [0.3, 0.4) is 0 Å². The third-order valence-corrected chi connectivity index (χ3v) is 1.93. The molecule has 0 aliphatic heterocycles. The Balaban J connectivity index is 2.69. The number of hydrogen-bond donors (Lipinski definition) is 1. The molecule has 1 nitrogen and oxygen atoms in total. The second-order valence-corrected chi connectivity index (χ2v) is 3.47. The van der Waals surface area contributed by atoms with E-state index in [1.165, 1.54) is 6.92 Å². The monoisotopic (exact) mass is 185 g/mol. The number of halogens is 2. The molecule has 0 bridgehead atoms. The number of benzene rings is 1. The van der Waals surface area contributed by atoms with E-state index in [4.69, 9.17) is 5.73 Å². The van der Waals surface area contributed by atoms with Crippen LogP contribution in [0, 0.1) is 0 Å². The van der Waals surface area contributed by atoms with Crippen molar-refractivity contribution >= 4 is 0 Å². The number of nitrogens with two attached hydrogens (primary N) is 1. The highest BCUT2D eigenvalue weighted by Gasteiger charge is 2.30. The zero-order chi connectivity index (χ0) is 9.90. The van der Waals surface area contributed by atoms with E-state index in [1.54, 1.807) is 12.1 Å². The maximum Gasteiger partial charge on any atom is 0.256 e. The van der Waals surface area contributed by atoms with Crippen LogP contribution in [-0.2, 0) is 6.42 Å². The Hall–Kier alpha value is -0.960. The van der Waals surface area contributed by atoms with E-state index in [-0.39, 0.29) is 6.42 Å². The molecule has 1 aromatic carbocycles. The predicted octanol–water partition coefficient (Wildman–Crippen LogP) is 2.21. The minimum Gasteiger partial charge on any atom is -0.320 e. The zero-order valence-corrected chi connectivity index (χ0v) is 7.50. The summed E-state index contributed by atoms with van der Waals surface area (Å²) < 4.78 is 24.7. The SMILES string of the molecule is CC(N)(Cc1ccccc1)C(F)F. The van der Waals surface area contributed by atoms with Crippen molar-refractivity contribution < 1.29 is 8.78 Å². The van der Waals surface area contributed by atoms with Gasteiger partial charge in [0.2, 0.25) is 0 Å². The Bertz CT molecular complexity index is 257. The third-order valence-electron chi connectivity index (χ3n) is 1.93. The van der Waals surface area contributed by atoms with E-state index < -0.39 is 12.0 Å². The molecule has 0 aromatic heterocycles. The quantitative estimate of drug-likeness (QED) is 0.767. The van der Waals surface area contributed by atoms with Gasteiger partial charge in [0.05, 0.1) is 5.54 Å². The van der Waals surface area contributed by atoms with Crippen molar-refractivity contribution in [3.8, 4) is 0 Å². The molecule has 0 radical (unpaired) electrons. The van der Waals surface area contributed by atoms with Crippen LogP contribution >= 0.6 is 0 Å². The Kier molecular flexibility index (Phi) is 2.98. The average molecular weight is 185 g/mol. The van der Waals surface area contributed by atoms with Crippen molar-refractivity contribution in [1.82, 2.24) is 0 Å². The van der Waals surface area contributed by atoms with Crippen LogP contribution in [0.15, 0.2) is 30.3 Å². The summed E-state index contributed by atoms with van der Waals surface area (Å²) in [5.74, 6) is 0. The molecule has 0 saturated heterocycles. The van der Waals surface area contributed by atoms with Gasteiger partial charge in [-0.2, -0.15) is 0 Å². The second kappa shape index (κ2) is 3.83. The molecule has 3 heteroatoms. The number of rotatable bonds is 3. The Morgan fingerprint density at radius 1 is 1.31 bits per heavy atom. The molecular formula is C10H13F2N. The van der Waals surface area contributed by atoms with Crippen molar-refractivity contribution in [1.29, 1.82) is 0 Å². The van der Waals surface area contributed by atoms with Crippen LogP contribution < -0.4 is 5.73 Å². The van der Waals surface area contributed by atoms with Crippen LogP contribution in [0.25, 0.3) is 0 Å². The lowest BCUT2D eigenvalue weighted by molar-refractivity contribution is 0.0639. The summed E-state index contributed by atoms with van der Waals surface area (Å²) in [7, 11) is 0. The molecule has 1 rings (SSSR count). The summed E-state index contributed by atoms with van der Waals surface area (Å²) in [6, 6.07) is 9.08. The molecule has 0 aliphatic carbocycles. The fraction of sp³-hybridized carbons (Fsp3) is 0.400. The number of alkyl halides is 2. The van der Waals surface area contributed by atoms with Gasteiger partial charge in [-0.3, -0.25) is 0 Å². The van der Waals surface area contributed by atoms with Gasteiger partial charge in [0.1, 0.15) is 0 Å². The van der Waals surface area contributed by atoms with Crippen molar-refractivity contribution in [2.45, 2.75) is 25.3 Å². The van der Waals surface area contributed by atoms with Crippen LogP contribution in [0.1, 0.15) is 12.5 Å². The van der Waals surface area contributed by atoms with Gasteiger partial charge >= 0.3 is 0 Å². The molecule has 0 amide bonds. The summed E-state index contributed by atoms with van der Waals surface area (Å²) in [4.78, 5) is 0. The molecule has 2 N–H and O–H groups in total. The normalized spacial score (nSPS) is 15.8. The molecule has 1 atom stereocenters. The molecule has 0 saturated carbocycles. The molecule has 0 spiro atoms. The fourth-order valence-electron chi connectivity index (χ4n) is 1.11. The third kappa shape index (κ3) is 2.77. The Morgan fingerprint density at radius 2 is 1.85 bits per heavy atom. The molecule has 13 heavy (non-hydrogen) atoms. The first kappa shape index (κ1) is 10.1. The van der Waals surface area contributed by atoms with Gasteiger partial charge in [-0.05, 0) is 18.9 Å². The average Bonchev–Trinajstić information content (AvgIpc) is 2.05. The topological polar surface area (TPSA) is 26.0 Å². The first-order chi connectivity index (χ1) is 6.02. The minimum absolute atomic E-state index is 0.200. The summed E-state index contributed by atoms with van der Waals surface area (Å²) in [5.41, 5.74) is 4.85. The van der Waals surface area contributed by atoms with E-state index in [0.29, 0.717) is 0 Å². The van der Waals surface area contributed by atoms with Crippen LogP contribution in [0.2, 0.25) is 0 Å². The lowest BCUT2D eigenvalue weighted by Gasteiger charge is -2.23. The summed E-state index contributed by atoms with van der Waals surface area (Å²) in [6.07, 6.45) is -2.29. The first-order valence-electron chi connectivity index (χ1n) is 4.13. The lowest BCUT2D eigenvalue weighted by atomic mass is 9.95. The van der Waals surface area contributed by atoms with Gasteiger partial charge < -0.3 is 5.73 Å². The summed E-state index contributed by atoms with van der Waals surface area (Å²) in [5, 5.41) is 0. The molecule has 1 unspecified atom stereocenters. The standard InChI is InChI=1S/C10H13F2N/c1-10(13,9(11)12)7-8-5-3-2-4-6-8/h2-6,9H,7,13H2,1H3. The second-order valence-electron chi connectivity index (χ2n) is 3.47. The van der Waals surface area contributed by atoms with Crippen LogP contribution in [0.4, 0.5) is 8.78 Å². The van der Waals surface area contributed by atoms with E-state index in [2.05, 4.69) is 0 Å². The maximum absolute atomic E-state index is 12.4. The smallest absolute Gasteiger partial charge is 0.256 e. The highest BCUT2D eigenvalue weighted by Crippen LogP contribution is 2.17. The highest BCUT2D eigenvalue weighted by atomic mass is 19.3. The van der Waals surface area contributed by atoms with Crippen molar-refractivity contribution in [2.24, 2.45) is 5.73 Å². The van der Waals surface area contributed by atoms with Crippen LogP contribution in [-0.4, -0.2) is 12.0 Å². The van der Waals surface area contributed by atoms with E-state index in [9.17, 15) is 8.78 Å². The van der Waals surface area contributed by atoms with E-state index >= 15 is 0 Å². The lowest BCUT2D eigenvalue weighted by Crippen LogP contribution is -2.45. The van der Waals surface area contributed by atoms with E-state index in [1.807, 2.05) is 18.2 Å². The summed E-state index contributed by atoms with van der Waals surface area (Å²) in [6.45, 7) is 1.37. The molecule has 72 valence electrons. The summed E-state index contributed by atoms with van der Waals surface area (Å²) >= 11 is 0. The molecule has 1 aromatic rings. The van der Waals surface area contributed by atoms with Gasteiger partial charge in [0.25, 0.3) is 6.43 Å². The highest BCUT2D eigenvalue weighted by molar-refractivity contribution is 5.17. The molecule has 0 aliphatic rings. The zero-order valence-electron chi connectivity index (χ0n) is 7.50. The van der Waals surface area contributed by atoms with Gasteiger partial charge in [-0.1, -0.05) is 30.3 Å². The molecule has 0 fully saturated rings. The first-order valence-corrected chi connectivity index (χ1v) is 4.13. The number of hydrogen-bond acceptors (Lipinski definition) is 1. The maximum atomic E-state index is 12.4. The predicted molar refractivity (Wildman–Crippen MR) is 48.7 cm³/mol. The largest absolute Gasteiger partial charge is 0.320 e. The Morgan fingerprint density at radius 3 is 2.31 bits per heavy atom. The fourth-order valence-corrected chi connectivity index (χ4v) is 1.11. The van der Waals surface area contributed by atoms with Gasteiger partial charge in [-0.15, -0.1) is 0 Å².